The summed E-state index contributed by atoms with van der Waals surface area (Å²) in [6.07, 6.45) is 1.41. The quantitative estimate of drug-likeness (QED) is 0.651. The summed E-state index contributed by atoms with van der Waals surface area (Å²) >= 11 is 0. The van der Waals surface area contributed by atoms with E-state index in [1.807, 2.05) is 6.07 Å². The average Bonchev–Trinajstić information content (AvgIpc) is 2.58. The van der Waals surface area contributed by atoms with E-state index in [0.717, 1.165) is 0 Å². The molecule has 68 valence electrons. The van der Waals surface area contributed by atoms with Crippen LogP contribution in [0.1, 0.15) is 0 Å². The summed E-state index contributed by atoms with van der Waals surface area (Å²) in [7, 11) is 0. The largest absolute Gasteiger partial charge is 0.508 e. The lowest BCUT2D eigenvalue weighted by atomic mass is 10.3. The molecule has 3 heteroatoms. The molecule has 2 rings (SSSR count). The highest BCUT2D eigenvalue weighted by Crippen LogP contribution is 2.04. The molecule has 0 unspecified atom stereocenters. The molecule has 0 bridgehead atoms. The molecule has 0 aliphatic heterocycles. The number of phenolic OH excluding ortho intramolecular Hbond substituents is 1. The number of aromatic hydroxyl groups is 2. The van der Waals surface area contributed by atoms with Crippen LogP contribution >= 0.6 is 0 Å². The van der Waals surface area contributed by atoms with Crippen molar-refractivity contribution in [3.63, 3.8) is 0 Å². The van der Waals surface area contributed by atoms with Crippen LogP contribution in [0, 0.1) is 0 Å². The van der Waals surface area contributed by atoms with Crippen molar-refractivity contribution in [2.45, 2.75) is 0 Å². The second kappa shape index (κ2) is 4.87. The van der Waals surface area contributed by atoms with Crippen LogP contribution in [-0.2, 0) is 0 Å². The Morgan fingerprint density at radius 3 is 1.77 bits per heavy atom. The molecule has 0 atom stereocenters. The summed E-state index contributed by atoms with van der Waals surface area (Å²) < 4.78 is 4.39. The van der Waals surface area contributed by atoms with E-state index >= 15 is 0 Å². The van der Waals surface area contributed by atoms with E-state index in [2.05, 4.69) is 4.42 Å². The zero-order valence-electron chi connectivity index (χ0n) is 6.92. The van der Waals surface area contributed by atoms with Crippen molar-refractivity contribution in [3.8, 4) is 11.7 Å². The maximum atomic E-state index is 8.63. The van der Waals surface area contributed by atoms with Crippen molar-refractivity contribution in [3.05, 3.63) is 48.7 Å². The van der Waals surface area contributed by atoms with Gasteiger partial charge in [0.1, 0.15) is 5.75 Å². The molecule has 13 heavy (non-hydrogen) atoms. The molecule has 0 saturated carbocycles. The molecule has 1 heterocycles. The average molecular weight is 178 g/mol. The third-order valence-corrected chi connectivity index (χ3v) is 1.26. The predicted octanol–water partition coefficient (Wildman–Crippen LogP) is 2.38. The topological polar surface area (TPSA) is 53.6 Å². The van der Waals surface area contributed by atoms with Gasteiger partial charge in [-0.15, -0.1) is 0 Å². The summed E-state index contributed by atoms with van der Waals surface area (Å²) in [4.78, 5) is 0. The molecule has 1 aromatic heterocycles. The third kappa shape index (κ3) is 3.86. The van der Waals surface area contributed by atoms with Gasteiger partial charge in [0.2, 0.25) is 0 Å². The molecule has 2 N–H and O–H groups in total. The smallest absolute Gasteiger partial charge is 0.281 e. The molecule has 0 amide bonds. The fourth-order valence-corrected chi connectivity index (χ4v) is 0.698. The normalized spacial score (nSPS) is 8.62. The van der Waals surface area contributed by atoms with Crippen LogP contribution in [0.15, 0.2) is 53.1 Å². The highest BCUT2D eigenvalue weighted by molar-refractivity contribution is 5.18. The van der Waals surface area contributed by atoms with Crippen LogP contribution < -0.4 is 0 Å². The minimum atomic E-state index is -0.0324. The van der Waals surface area contributed by atoms with E-state index < -0.39 is 0 Å². The lowest BCUT2D eigenvalue weighted by Gasteiger charge is -1.82. The maximum absolute atomic E-state index is 8.63. The van der Waals surface area contributed by atoms with Crippen molar-refractivity contribution < 1.29 is 14.6 Å². The Balaban J connectivity index is 0.000000132. The molecule has 0 radical (unpaired) electrons. The van der Waals surface area contributed by atoms with Crippen molar-refractivity contribution in [2.24, 2.45) is 0 Å². The van der Waals surface area contributed by atoms with Crippen LogP contribution in [-0.4, -0.2) is 10.2 Å². The number of para-hydroxylation sites is 1. The molecule has 0 fully saturated rings. The number of phenols is 1. The highest BCUT2D eigenvalue weighted by atomic mass is 16.5. The van der Waals surface area contributed by atoms with Gasteiger partial charge in [-0.1, -0.05) is 18.2 Å². The number of hydrogen-bond acceptors (Lipinski definition) is 3. The Labute approximate surface area is 75.9 Å². The van der Waals surface area contributed by atoms with Crippen LogP contribution in [0.4, 0.5) is 0 Å². The lowest BCUT2D eigenvalue weighted by molar-refractivity contribution is 0.332. The van der Waals surface area contributed by atoms with E-state index in [1.54, 1.807) is 30.3 Å². The summed E-state index contributed by atoms with van der Waals surface area (Å²) in [5.41, 5.74) is 0. The Kier molecular flexibility index (Phi) is 3.45. The van der Waals surface area contributed by atoms with Gasteiger partial charge in [0.25, 0.3) is 5.95 Å². The molecule has 0 aliphatic rings. The first-order valence-corrected chi connectivity index (χ1v) is 3.75. The van der Waals surface area contributed by atoms with E-state index in [-0.39, 0.29) is 5.95 Å². The van der Waals surface area contributed by atoms with Crippen LogP contribution in [0.25, 0.3) is 0 Å². The highest BCUT2D eigenvalue weighted by Gasteiger charge is 1.79. The first-order valence-electron chi connectivity index (χ1n) is 3.75. The Bertz CT molecular complexity index is 313. The first-order chi connectivity index (χ1) is 6.29. The van der Waals surface area contributed by atoms with Gasteiger partial charge in [0.05, 0.1) is 6.26 Å². The number of benzene rings is 1. The van der Waals surface area contributed by atoms with Gasteiger partial charge in [-0.05, 0) is 18.2 Å². The van der Waals surface area contributed by atoms with Gasteiger partial charge in [-0.2, -0.15) is 0 Å². The van der Waals surface area contributed by atoms with Crippen molar-refractivity contribution in [1.82, 2.24) is 0 Å². The molecular formula is C10H10O3. The Morgan fingerprint density at radius 2 is 1.54 bits per heavy atom. The van der Waals surface area contributed by atoms with Crippen molar-refractivity contribution in [1.29, 1.82) is 0 Å². The standard InChI is InChI=1S/C6H6O.C4H4O2/c7-6-4-2-1-3-5-6;5-4-2-1-3-6-4/h1-5,7H;1-3,5H. The summed E-state index contributed by atoms with van der Waals surface area (Å²) in [6, 6.07) is 11.8. The molecule has 0 aliphatic carbocycles. The maximum Gasteiger partial charge on any atom is 0.281 e. The third-order valence-electron chi connectivity index (χ3n) is 1.26. The Hall–Kier alpha value is -1.90. The van der Waals surface area contributed by atoms with Crippen molar-refractivity contribution in [2.75, 3.05) is 0 Å². The van der Waals surface area contributed by atoms with Gasteiger partial charge in [0.15, 0.2) is 0 Å². The molecule has 1 aromatic carbocycles. The molecular weight excluding hydrogens is 168 g/mol. The molecule has 2 aromatic rings. The van der Waals surface area contributed by atoms with E-state index in [1.165, 1.54) is 12.3 Å². The molecule has 0 saturated heterocycles. The number of rotatable bonds is 0. The second-order valence-electron chi connectivity index (χ2n) is 2.29. The monoisotopic (exact) mass is 178 g/mol. The summed E-state index contributed by atoms with van der Waals surface area (Å²) in [6.45, 7) is 0. The first kappa shape index (κ1) is 9.19. The second-order valence-corrected chi connectivity index (χ2v) is 2.29. The SMILES string of the molecule is Oc1ccccc1.Oc1ccco1. The van der Waals surface area contributed by atoms with E-state index in [0.29, 0.717) is 5.75 Å². The number of furan rings is 1. The Morgan fingerprint density at radius 1 is 0.846 bits per heavy atom. The van der Waals surface area contributed by atoms with Gasteiger partial charge in [-0.25, -0.2) is 0 Å². The van der Waals surface area contributed by atoms with Crippen LogP contribution in [0.5, 0.6) is 11.7 Å². The van der Waals surface area contributed by atoms with Gasteiger partial charge in [0, 0.05) is 6.07 Å². The zero-order chi connectivity index (χ0) is 9.52. The van der Waals surface area contributed by atoms with E-state index in [9.17, 15) is 0 Å². The summed E-state index contributed by atoms with van der Waals surface area (Å²) in [5.74, 6) is 0.289. The lowest BCUT2D eigenvalue weighted by Crippen LogP contribution is -1.56. The zero-order valence-corrected chi connectivity index (χ0v) is 6.92. The van der Waals surface area contributed by atoms with Crippen LogP contribution in [0.2, 0.25) is 0 Å². The van der Waals surface area contributed by atoms with Gasteiger partial charge in [-0.3, -0.25) is 0 Å². The predicted molar refractivity (Wildman–Crippen MR) is 48.5 cm³/mol. The number of hydrogen-bond donors (Lipinski definition) is 2. The summed E-state index contributed by atoms with van der Waals surface area (Å²) in [5, 5.41) is 16.9. The van der Waals surface area contributed by atoms with E-state index in [4.69, 9.17) is 10.2 Å². The fraction of sp³-hybridized carbons (Fsp3) is 0. The van der Waals surface area contributed by atoms with Crippen molar-refractivity contribution >= 4 is 0 Å². The van der Waals surface area contributed by atoms with Crippen LogP contribution in [0.3, 0.4) is 0 Å². The van der Waals surface area contributed by atoms with Gasteiger partial charge < -0.3 is 14.6 Å². The van der Waals surface area contributed by atoms with Gasteiger partial charge >= 0.3 is 0 Å². The molecule has 0 spiro atoms. The minimum Gasteiger partial charge on any atom is -0.508 e. The molecule has 3 nitrogen and oxygen atoms in total. The minimum absolute atomic E-state index is 0.0324. The fourth-order valence-electron chi connectivity index (χ4n) is 0.698.